The minimum atomic E-state index is 0.608. The van der Waals surface area contributed by atoms with Crippen LogP contribution in [0.25, 0.3) is 11.5 Å². The van der Waals surface area contributed by atoms with E-state index >= 15 is 0 Å². The van der Waals surface area contributed by atoms with Crippen molar-refractivity contribution < 1.29 is 4.42 Å². The van der Waals surface area contributed by atoms with E-state index in [9.17, 15) is 0 Å². The molecule has 3 rings (SSSR count). The zero-order valence-electron chi connectivity index (χ0n) is 10.0. The van der Waals surface area contributed by atoms with Gasteiger partial charge in [-0.25, -0.2) is 0 Å². The molecule has 1 aliphatic heterocycles. The van der Waals surface area contributed by atoms with Gasteiger partial charge in [-0.05, 0) is 36.9 Å². The molecule has 0 unspecified atom stereocenters. The van der Waals surface area contributed by atoms with Crippen LogP contribution in [-0.4, -0.2) is 29.0 Å². The summed E-state index contributed by atoms with van der Waals surface area (Å²) in [6.45, 7) is 2.29. The molecule has 1 fully saturated rings. The Morgan fingerprint density at radius 2 is 2.06 bits per heavy atom. The molecule has 1 saturated heterocycles. The summed E-state index contributed by atoms with van der Waals surface area (Å²) < 4.78 is 5.64. The second-order valence-corrected chi connectivity index (χ2v) is 5.44. The molecule has 1 aliphatic rings. The topological polar surface area (TPSA) is 51.0 Å². The number of rotatable bonds is 5. The summed E-state index contributed by atoms with van der Waals surface area (Å²) in [5, 5.41) is 11.4. The van der Waals surface area contributed by atoms with Crippen molar-refractivity contribution in [1.29, 1.82) is 0 Å². The van der Waals surface area contributed by atoms with E-state index in [1.165, 1.54) is 0 Å². The molecule has 0 radical (unpaired) electrons. The Kier molecular flexibility index (Phi) is 3.61. The second-order valence-electron chi connectivity index (χ2n) is 4.41. The smallest absolute Gasteiger partial charge is 0.247 e. The largest absolute Gasteiger partial charge is 0.420 e. The molecule has 0 aliphatic carbocycles. The van der Waals surface area contributed by atoms with E-state index in [0.29, 0.717) is 11.8 Å². The van der Waals surface area contributed by atoms with Crippen LogP contribution in [0.15, 0.2) is 34.7 Å². The van der Waals surface area contributed by atoms with E-state index in [4.69, 9.17) is 4.42 Å². The number of aromatic nitrogens is 2. The number of thioether (sulfide) groups is 1. The summed E-state index contributed by atoms with van der Waals surface area (Å²) in [6, 6.07) is 9.87. The van der Waals surface area contributed by atoms with E-state index < -0.39 is 0 Å². The van der Waals surface area contributed by atoms with Gasteiger partial charge in [-0.1, -0.05) is 18.2 Å². The Labute approximate surface area is 110 Å². The third-order valence-electron chi connectivity index (χ3n) is 2.93. The van der Waals surface area contributed by atoms with Gasteiger partial charge in [0.2, 0.25) is 11.8 Å². The highest BCUT2D eigenvalue weighted by molar-refractivity contribution is 7.98. The molecule has 94 valence electrons. The molecule has 5 heteroatoms. The number of benzene rings is 1. The molecule has 1 N–H and O–H groups in total. The van der Waals surface area contributed by atoms with Gasteiger partial charge in [0.1, 0.15) is 0 Å². The zero-order valence-corrected chi connectivity index (χ0v) is 10.8. The SMILES string of the molecule is c1ccc(-c2nnc(CSCC3CNC3)o2)cc1. The van der Waals surface area contributed by atoms with Gasteiger partial charge in [0.05, 0.1) is 5.75 Å². The third-order valence-corrected chi connectivity index (χ3v) is 4.09. The third kappa shape index (κ3) is 2.73. The Morgan fingerprint density at radius 1 is 1.22 bits per heavy atom. The molecule has 0 amide bonds. The van der Waals surface area contributed by atoms with Gasteiger partial charge < -0.3 is 9.73 Å². The Morgan fingerprint density at radius 3 is 2.78 bits per heavy atom. The summed E-state index contributed by atoms with van der Waals surface area (Å²) in [4.78, 5) is 0. The highest BCUT2D eigenvalue weighted by Crippen LogP contribution is 2.21. The first-order valence-electron chi connectivity index (χ1n) is 6.08. The number of nitrogens with one attached hydrogen (secondary N) is 1. The molecule has 1 aromatic carbocycles. The van der Waals surface area contributed by atoms with Crippen molar-refractivity contribution in [3.8, 4) is 11.5 Å². The Bertz CT molecular complexity index is 496. The fourth-order valence-electron chi connectivity index (χ4n) is 1.79. The van der Waals surface area contributed by atoms with Crippen LogP contribution in [0.5, 0.6) is 0 Å². The predicted octanol–water partition coefficient (Wildman–Crippen LogP) is 2.19. The van der Waals surface area contributed by atoms with Crippen molar-refractivity contribution in [3.63, 3.8) is 0 Å². The lowest BCUT2D eigenvalue weighted by atomic mass is 10.1. The van der Waals surface area contributed by atoms with Gasteiger partial charge in [0, 0.05) is 5.56 Å². The summed E-state index contributed by atoms with van der Waals surface area (Å²) in [7, 11) is 0. The van der Waals surface area contributed by atoms with E-state index in [2.05, 4.69) is 15.5 Å². The van der Waals surface area contributed by atoms with Gasteiger partial charge in [0.15, 0.2) is 0 Å². The van der Waals surface area contributed by atoms with Crippen molar-refractivity contribution in [2.45, 2.75) is 5.75 Å². The maximum absolute atomic E-state index is 5.64. The summed E-state index contributed by atoms with van der Waals surface area (Å²) >= 11 is 1.86. The first-order chi connectivity index (χ1) is 8.92. The van der Waals surface area contributed by atoms with Crippen LogP contribution in [-0.2, 0) is 5.75 Å². The minimum Gasteiger partial charge on any atom is -0.420 e. The van der Waals surface area contributed by atoms with Crippen LogP contribution in [0.3, 0.4) is 0 Å². The lowest BCUT2D eigenvalue weighted by Crippen LogP contribution is -2.43. The highest BCUT2D eigenvalue weighted by atomic mass is 32.2. The number of nitrogens with zero attached hydrogens (tertiary/aromatic N) is 2. The lowest BCUT2D eigenvalue weighted by Gasteiger charge is -2.26. The normalized spacial score (nSPS) is 15.6. The quantitative estimate of drug-likeness (QED) is 0.894. The monoisotopic (exact) mass is 261 g/mol. The van der Waals surface area contributed by atoms with Crippen LogP contribution in [0.1, 0.15) is 5.89 Å². The van der Waals surface area contributed by atoms with Gasteiger partial charge in [-0.2, -0.15) is 11.8 Å². The fraction of sp³-hybridized carbons (Fsp3) is 0.385. The molecule has 0 atom stereocenters. The van der Waals surface area contributed by atoms with Crippen LogP contribution in [0.4, 0.5) is 0 Å². The van der Waals surface area contributed by atoms with E-state index in [1.807, 2.05) is 42.1 Å². The molecule has 0 saturated carbocycles. The van der Waals surface area contributed by atoms with Crippen molar-refractivity contribution in [2.75, 3.05) is 18.8 Å². The molecule has 18 heavy (non-hydrogen) atoms. The van der Waals surface area contributed by atoms with Crippen LogP contribution < -0.4 is 5.32 Å². The van der Waals surface area contributed by atoms with Crippen molar-refractivity contribution in [3.05, 3.63) is 36.2 Å². The second kappa shape index (κ2) is 5.54. The minimum absolute atomic E-state index is 0.608. The van der Waals surface area contributed by atoms with Gasteiger partial charge in [0.25, 0.3) is 0 Å². The summed E-state index contributed by atoms with van der Waals surface area (Å²) in [5.41, 5.74) is 0.976. The standard InChI is InChI=1S/C13H15N3OS/c1-2-4-11(5-3-1)13-16-15-12(17-13)9-18-8-10-6-14-7-10/h1-5,10,14H,6-9H2. The average Bonchev–Trinajstić information content (AvgIpc) is 2.82. The molecule has 4 nitrogen and oxygen atoms in total. The van der Waals surface area contributed by atoms with Gasteiger partial charge in [-0.3, -0.25) is 0 Å². The van der Waals surface area contributed by atoms with Crippen LogP contribution in [0.2, 0.25) is 0 Å². The fourth-order valence-corrected chi connectivity index (χ4v) is 2.77. The maximum atomic E-state index is 5.64. The molecule has 0 spiro atoms. The maximum Gasteiger partial charge on any atom is 0.247 e. The summed E-state index contributed by atoms with van der Waals surface area (Å²) in [5.74, 6) is 4.10. The van der Waals surface area contributed by atoms with Crippen molar-refractivity contribution >= 4 is 11.8 Å². The van der Waals surface area contributed by atoms with Crippen LogP contribution in [0, 0.1) is 5.92 Å². The lowest BCUT2D eigenvalue weighted by molar-refractivity contribution is 0.385. The van der Waals surface area contributed by atoms with E-state index in [-0.39, 0.29) is 0 Å². The predicted molar refractivity (Wildman–Crippen MR) is 72.3 cm³/mol. The first-order valence-corrected chi connectivity index (χ1v) is 7.23. The zero-order chi connectivity index (χ0) is 12.2. The number of hydrogen-bond acceptors (Lipinski definition) is 5. The van der Waals surface area contributed by atoms with E-state index in [0.717, 1.165) is 36.1 Å². The molecule has 0 bridgehead atoms. The molecule has 1 aromatic heterocycles. The number of hydrogen-bond donors (Lipinski definition) is 1. The Hall–Kier alpha value is -1.33. The van der Waals surface area contributed by atoms with Crippen molar-refractivity contribution in [2.24, 2.45) is 5.92 Å². The molecular formula is C13H15N3OS. The van der Waals surface area contributed by atoms with Crippen LogP contribution >= 0.6 is 11.8 Å². The molecule has 2 heterocycles. The Balaban J connectivity index is 1.56. The summed E-state index contributed by atoms with van der Waals surface area (Å²) in [6.07, 6.45) is 0. The average molecular weight is 261 g/mol. The van der Waals surface area contributed by atoms with Crippen molar-refractivity contribution in [1.82, 2.24) is 15.5 Å². The molecular weight excluding hydrogens is 246 g/mol. The highest BCUT2D eigenvalue weighted by Gasteiger charge is 2.16. The molecule has 2 aromatic rings. The first kappa shape index (κ1) is 11.7. The van der Waals surface area contributed by atoms with Gasteiger partial charge in [-0.15, -0.1) is 10.2 Å². The van der Waals surface area contributed by atoms with E-state index in [1.54, 1.807) is 0 Å². The van der Waals surface area contributed by atoms with Gasteiger partial charge >= 0.3 is 0 Å².